The molecule has 0 aliphatic carbocycles. The molecule has 1 N–H and O–H groups in total. The minimum Gasteiger partial charge on any atom is -0.480 e. The summed E-state index contributed by atoms with van der Waals surface area (Å²) >= 11 is 0. The Morgan fingerprint density at radius 2 is 2.19 bits per heavy atom. The first-order valence-electron chi connectivity index (χ1n) is 4.65. The molecule has 0 spiro atoms. The van der Waals surface area contributed by atoms with Crippen LogP contribution in [0.4, 0.5) is 0 Å². The molecule has 1 unspecified atom stereocenters. The number of rotatable bonds is 2. The van der Waals surface area contributed by atoms with Gasteiger partial charge in [-0.15, -0.1) is 24.8 Å². The molecule has 2 heterocycles. The van der Waals surface area contributed by atoms with Crippen LogP contribution in [0.1, 0.15) is 12.7 Å². The van der Waals surface area contributed by atoms with Gasteiger partial charge in [-0.3, -0.25) is 9.69 Å². The third kappa shape index (κ3) is 2.87. The molecule has 0 fully saturated rings. The average Bonchev–Trinajstić information content (AvgIpc) is 2.62. The largest absolute Gasteiger partial charge is 0.480 e. The van der Waals surface area contributed by atoms with Crippen LogP contribution < -0.4 is 0 Å². The second kappa shape index (κ2) is 6.08. The molecule has 0 radical (unpaired) electrons. The topological polar surface area (TPSA) is 58.4 Å². The highest BCUT2D eigenvalue weighted by atomic mass is 35.5. The molecule has 1 aliphatic heterocycles. The summed E-state index contributed by atoms with van der Waals surface area (Å²) in [6, 6.07) is -0.430. The summed E-state index contributed by atoms with van der Waals surface area (Å²) in [6.07, 6.45) is 3.68. The molecule has 1 aromatic rings. The fraction of sp³-hybridized carbons (Fsp3) is 0.556. The smallest absolute Gasteiger partial charge is 0.320 e. The summed E-state index contributed by atoms with van der Waals surface area (Å²) in [5.41, 5.74) is 0. The molecule has 1 atom stereocenters. The number of aromatic nitrogens is 2. The van der Waals surface area contributed by atoms with E-state index in [9.17, 15) is 4.79 Å². The number of hydrogen-bond donors (Lipinski definition) is 1. The molecular weight excluding hydrogens is 253 g/mol. The molecule has 0 amide bonds. The number of fused-ring (bicyclic) bond motifs is 1. The highest BCUT2D eigenvalue weighted by Crippen LogP contribution is 2.12. The van der Waals surface area contributed by atoms with Crippen LogP contribution >= 0.6 is 24.8 Å². The normalized spacial score (nSPS) is 16.6. The molecule has 7 heteroatoms. The van der Waals surface area contributed by atoms with Crippen molar-refractivity contribution in [1.82, 2.24) is 14.5 Å². The van der Waals surface area contributed by atoms with Gasteiger partial charge >= 0.3 is 5.97 Å². The third-order valence-electron chi connectivity index (χ3n) is 2.68. The second-order valence-corrected chi connectivity index (χ2v) is 3.52. The lowest BCUT2D eigenvalue weighted by Crippen LogP contribution is -2.43. The monoisotopic (exact) mass is 267 g/mol. The Morgan fingerprint density at radius 1 is 1.50 bits per heavy atom. The molecule has 0 bridgehead atoms. The molecule has 0 saturated carbocycles. The number of carboxylic acids is 1. The summed E-state index contributed by atoms with van der Waals surface area (Å²) in [5.74, 6) is 0.175. The van der Waals surface area contributed by atoms with Crippen LogP contribution in [0.2, 0.25) is 0 Å². The van der Waals surface area contributed by atoms with E-state index < -0.39 is 12.0 Å². The number of carbonyl (C=O) groups is 1. The summed E-state index contributed by atoms with van der Waals surface area (Å²) in [7, 11) is 0. The number of carboxylic acid groups (broad SMARTS) is 1. The van der Waals surface area contributed by atoms with Gasteiger partial charge in [0, 0.05) is 25.5 Å². The van der Waals surface area contributed by atoms with Crippen LogP contribution in [-0.2, 0) is 17.9 Å². The Hall–Kier alpha value is -0.780. The fourth-order valence-electron chi connectivity index (χ4n) is 1.68. The Morgan fingerprint density at radius 3 is 2.81 bits per heavy atom. The quantitative estimate of drug-likeness (QED) is 0.869. The Labute approximate surface area is 106 Å². The van der Waals surface area contributed by atoms with Crippen molar-refractivity contribution in [2.24, 2.45) is 0 Å². The van der Waals surface area contributed by atoms with E-state index >= 15 is 0 Å². The molecular formula is C9H15Cl2N3O2. The van der Waals surface area contributed by atoms with Crippen molar-refractivity contribution in [2.45, 2.75) is 26.1 Å². The van der Waals surface area contributed by atoms with Crippen molar-refractivity contribution in [1.29, 1.82) is 0 Å². The SMILES string of the molecule is CC(C(=O)O)N1CCn2ccnc2C1.Cl.Cl. The molecule has 1 aliphatic rings. The molecule has 0 saturated heterocycles. The van der Waals surface area contributed by atoms with E-state index in [-0.39, 0.29) is 24.8 Å². The number of hydrogen-bond acceptors (Lipinski definition) is 3. The van der Waals surface area contributed by atoms with Gasteiger partial charge in [0.2, 0.25) is 0 Å². The Bertz CT molecular complexity index is 356. The van der Waals surface area contributed by atoms with E-state index in [0.717, 1.165) is 18.9 Å². The summed E-state index contributed by atoms with van der Waals surface area (Å²) in [6.45, 7) is 3.94. The Balaban J connectivity index is 0.00000112. The maximum Gasteiger partial charge on any atom is 0.320 e. The van der Waals surface area contributed by atoms with Gasteiger partial charge in [0.25, 0.3) is 0 Å². The predicted molar refractivity (Wildman–Crippen MR) is 64.2 cm³/mol. The minimum atomic E-state index is -0.773. The van der Waals surface area contributed by atoms with Crippen LogP contribution in [0.25, 0.3) is 0 Å². The number of imidazole rings is 1. The van der Waals surface area contributed by atoms with Crippen LogP contribution in [0.5, 0.6) is 0 Å². The van der Waals surface area contributed by atoms with Gasteiger partial charge in [-0.2, -0.15) is 0 Å². The summed E-state index contributed by atoms with van der Waals surface area (Å²) in [4.78, 5) is 16.9. The standard InChI is InChI=1S/C9H13N3O2.2ClH/c1-7(9(13)14)12-5-4-11-3-2-10-8(11)6-12;;/h2-3,7H,4-6H2,1H3,(H,13,14);2*1H. The van der Waals surface area contributed by atoms with Crippen LogP contribution in [0, 0.1) is 0 Å². The molecule has 92 valence electrons. The molecule has 1 aromatic heterocycles. The van der Waals surface area contributed by atoms with Crippen molar-refractivity contribution < 1.29 is 9.90 Å². The van der Waals surface area contributed by atoms with Crippen molar-refractivity contribution in [2.75, 3.05) is 6.54 Å². The van der Waals surface area contributed by atoms with Crippen LogP contribution in [0.3, 0.4) is 0 Å². The first kappa shape index (κ1) is 15.2. The lowest BCUT2D eigenvalue weighted by atomic mass is 10.2. The molecule has 2 rings (SSSR count). The second-order valence-electron chi connectivity index (χ2n) is 3.52. The van der Waals surface area contributed by atoms with E-state index in [4.69, 9.17) is 5.11 Å². The van der Waals surface area contributed by atoms with Crippen molar-refractivity contribution in [3.63, 3.8) is 0 Å². The van der Waals surface area contributed by atoms with Crippen molar-refractivity contribution >= 4 is 30.8 Å². The zero-order valence-electron chi connectivity index (χ0n) is 8.87. The van der Waals surface area contributed by atoms with Gasteiger partial charge in [-0.1, -0.05) is 0 Å². The maximum absolute atomic E-state index is 10.8. The number of nitrogens with zero attached hydrogens (tertiary/aromatic N) is 3. The number of aliphatic carboxylic acids is 1. The number of halogens is 2. The van der Waals surface area contributed by atoms with Crippen molar-refractivity contribution in [3.8, 4) is 0 Å². The molecule has 0 aromatic carbocycles. The van der Waals surface area contributed by atoms with Crippen LogP contribution in [0.15, 0.2) is 12.4 Å². The van der Waals surface area contributed by atoms with E-state index in [1.165, 1.54) is 0 Å². The third-order valence-corrected chi connectivity index (χ3v) is 2.68. The highest BCUT2D eigenvalue weighted by Gasteiger charge is 2.25. The van der Waals surface area contributed by atoms with Gasteiger partial charge in [-0.05, 0) is 6.92 Å². The van der Waals surface area contributed by atoms with E-state index in [1.54, 1.807) is 13.1 Å². The summed E-state index contributed by atoms with van der Waals surface area (Å²) in [5, 5.41) is 8.86. The maximum atomic E-state index is 10.8. The van der Waals surface area contributed by atoms with Gasteiger partial charge in [0.15, 0.2) is 0 Å². The van der Waals surface area contributed by atoms with Gasteiger partial charge in [0.1, 0.15) is 11.9 Å². The van der Waals surface area contributed by atoms with Crippen molar-refractivity contribution in [3.05, 3.63) is 18.2 Å². The van der Waals surface area contributed by atoms with E-state index in [1.807, 2.05) is 11.1 Å². The van der Waals surface area contributed by atoms with Crippen LogP contribution in [-0.4, -0.2) is 38.1 Å². The van der Waals surface area contributed by atoms with Gasteiger partial charge < -0.3 is 9.67 Å². The molecule has 5 nitrogen and oxygen atoms in total. The molecule has 16 heavy (non-hydrogen) atoms. The zero-order chi connectivity index (χ0) is 10.1. The lowest BCUT2D eigenvalue weighted by Gasteiger charge is -2.30. The highest BCUT2D eigenvalue weighted by molar-refractivity contribution is 5.85. The van der Waals surface area contributed by atoms with E-state index in [0.29, 0.717) is 6.54 Å². The van der Waals surface area contributed by atoms with Gasteiger partial charge in [0.05, 0.1) is 6.54 Å². The summed E-state index contributed by atoms with van der Waals surface area (Å²) < 4.78 is 2.06. The fourth-order valence-corrected chi connectivity index (χ4v) is 1.68. The first-order valence-corrected chi connectivity index (χ1v) is 4.65. The average molecular weight is 268 g/mol. The Kier molecular flexibility index (Phi) is 5.78. The van der Waals surface area contributed by atoms with E-state index in [2.05, 4.69) is 9.55 Å². The lowest BCUT2D eigenvalue weighted by molar-refractivity contribution is -0.143. The van der Waals surface area contributed by atoms with Gasteiger partial charge in [-0.25, -0.2) is 4.98 Å². The predicted octanol–water partition coefficient (Wildman–Crippen LogP) is 1.02. The first-order chi connectivity index (χ1) is 6.68. The zero-order valence-corrected chi connectivity index (χ0v) is 10.5. The minimum absolute atomic E-state index is 0.